The summed E-state index contributed by atoms with van der Waals surface area (Å²) in [6, 6.07) is 16.1. The number of carbonyl (C=O) groups is 2. The van der Waals surface area contributed by atoms with Gasteiger partial charge >= 0.3 is 0 Å². The van der Waals surface area contributed by atoms with E-state index in [1.54, 1.807) is 42.6 Å². The van der Waals surface area contributed by atoms with Gasteiger partial charge in [0.2, 0.25) is 0 Å². The third-order valence-electron chi connectivity index (χ3n) is 3.72. The van der Waals surface area contributed by atoms with Crippen molar-refractivity contribution in [1.82, 2.24) is 4.98 Å². The maximum absolute atomic E-state index is 12.7. The topological polar surface area (TPSA) is 94.9 Å². The highest BCUT2D eigenvalue weighted by molar-refractivity contribution is 9.10. The Labute approximate surface area is 174 Å². The maximum atomic E-state index is 12.7. The average Bonchev–Trinajstić information content (AvgIpc) is 2.71. The summed E-state index contributed by atoms with van der Waals surface area (Å²) in [5, 5.41) is 14.6. The molecule has 0 atom stereocenters. The lowest BCUT2D eigenvalue weighted by molar-refractivity contribution is 0.102. The van der Waals surface area contributed by atoms with E-state index in [0.717, 1.165) is 4.47 Å². The third-order valence-corrected chi connectivity index (χ3v) is 4.42. The summed E-state index contributed by atoms with van der Waals surface area (Å²) in [5.74, 6) is -0.521. The maximum Gasteiger partial charge on any atom is 0.258 e. The second kappa shape index (κ2) is 8.65. The number of hydrogen-bond acceptors (Lipinski definition) is 4. The van der Waals surface area contributed by atoms with Gasteiger partial charge in [-0.05, 0) is 70.5 Å². The number of carbonyl (C=O) groups excluding carboxylic acids is 2. The largest absolute Gasteiger partial charge is 0.321 e. The summed E-state index contributed by atoms with van der Waals surface area (Å²) in [6.07, 6.45) is 1.56. The molecule has 3 rings (SSSR count). The highest BCUT2D eigenvalue weighted by atomic mass is 79.9. The summed E-state index contributed by atoms with van der Waals surface area (Å²) in [6.45, 7) is 0. The van der Waals surface area contributed by atoms with Crippen LogP contribution in [0.25, 0.3) is 0 Å². The van der Waals surface area contributed by atoms with Crippen molar-refractivity contribution in [1.29, 1.82) is 5.26 Å². The van der Waals surface area contributed by atoms with Gasteiger partial charge in [-0.2, -0.15) is 5.26 Å². The summed E-state index contributed by atoms with van der Waals surface area (Å²) in [5.41, 5.74) is 1.30. The standard InChI is InChI=1S/C20H12BrClN4O2/c21-14-5-8-18(24-11-14)26-20(28)16-9-15(22)6-7-17(16)25-19(27)13-3-1-12(10-23)2-4-13/h1-9,11H,(H,25,27)(H,24,26,28). The number of aromatic nitrogens is 1. The Morgan fingerprint density at radius 2 is 1.75 bits per heavy atom. The zero-order valence-electron chi connectivity index (χ0n) is 14.2. The molecule has 1 heterocycles. The van der Waals surface area contributed by atoms with Crippen molar-refractivity contribution in [2.24, 2.45) is 0 Å². The molecule has 138 valence electrons. The van der Waals surface area contributed by atoms with Crippen LogP contribution >= 0.6 is 27.5 Å². The lowest BCUT2D eigenvalue weighted by Crippen LogP contribution is -2.18. The highest BCUT2D eigenvalue weighted by Crippen LogP contribution is 2.23. The number of rotatable bonds is 4. The Morgan fingerprint density at radius 3 is 2.39 bits per heavy atom. The molecule has 0 saturated carbocycles. The van der Waals surface area contributed by atoms with Crippen molar-refractivity contribution in [3.63, 3.8) is 0 Å². The van der Waals surface area contributed by atoms with Gasteiger partial charge in [0.15, 0.2) is 0 Å². The molecule has 1 aromatic heterocycles. The van der Waals surface area contributed by atoms with E-state index in [-0.39, 0.29) is 5.56 Å². The van der Waals surface area contributed by atoms with Gasteiger partial charge < -0.3 is 10.6 Å². The summed E-state index contributed by atoms with van der Waals surface area (Å²) < 4.78 is 0.781. The van der Waals surface area contributed by atoms with Crippen LogP contribution in [0.2, 0.25) is 5.02 Å². The Morgan fingerprint density at radius 1 is 1.00 bits per heavy atom. The fourth-order valence-corrected chi connectivity index (χ4v) is 2.74. The van der Waals surface area contributed by atoms with Gasteiger partial charge in [0.25, 0.3) is 11.8 Å². The van der Waals surface area contributed by atoms with E-state index >= 15 is 0 Å². The van der Waals surface area contributed by atoms with Crippen molar-refractivity contribution in [2.75, 3.05) is 10.6 Å². The van der Waals surface area contributed by atoms with Crippen molar-refractivity contribution in [3.8, 4) is 6.07 Å². The number of pyridine rings is 1. The number of anilines is 2. The summed E-state index contributed by atoms with van der Waals surface area (Å²) in [7, 11) is 0. The van der Waals surface area contributed by atoms with E-state index in [1.807, 2.05) is 6.07 Å². The van der Waals surface area contributed by atoms with Gasteiger partial charge in [-0.25, -0.2) is 4.98 Å². The smallest absolute Gasteiger partial charge is 0.258 e. The van der Waals surface area contributed by atoms with Crippen LogP contribution in [0.1, 0.15) is 26.3 Å². The van der Waals surface area contributed by atoms with Crippen LogP contribution in [-0.4, -0.2) is 16.8 Å². The van der Waals surface area contributed by atoms with Gasteiger partial charge in [-0.3, -0.25) is 9.59 Å². The molecule has 28 heavy (non-hydrogen) atoms. The molecule has 0 bridgehead atoms. The minimum absolute atomic E-state index is 0.194. The van der Waals surface area contributed by atoms with Crippen LogP contribution in [-0.2, 0) is 0 Å². The molecular weight excluding hydrogens is 444 g/mol. The second-order valence-electron chi connectivity index (χ2n) is 5.65. The van der Waals surface area contributed by atoms with Gasteiger partial charge in [0.05, 0.1) is 22.9 Å². The quantitative estimate of drug-likeness (QED) is 0.586. The third kappa shape index (κ3) is 4.74. The monoisotopic (exact) mass is 454 g/mol. The van der Waals surface area contributed by atoms with Crippen LogP contribution in [0.5, 0.6) is 0 Å². The van der Waals surface area contributed by atoms with Crippen LogP contribution < -0.4 is 10.6 Å². The predicted octanol–water partition coefficient (Wildman–Crippen LogP) is 4.87. The van der Waals surface area contributed by atoms with E-state index in [0.29, 0.717) is 27.7 Å². The minimum Gasteiger partial charge on any atom is -0.321 e. The molecule has 2 amide bonds. The van der Waals surface area contributed by atoms with Crippen molar-refractivity contribution >= 4 is 50.9 Å². The fourth-order valence-electron chi connectivity index (χ4n) is 2.34. The van der Waals surface area contributed by atoms with Gasteiger partial charge in [0.1, 0.15) is 5.82 Å². The molecule has 2 N–H and O–H groups in total. The molecule has 0 spiro atoms. The number of amides is 2. The highest BCUT2D eigenvalue weighted by Gasteiger charge is 2.16. The van der Waals surface area contributed by atoms with Crippen LogP contribution in [0, 0.1) is 11.3 Å². The number of halogens is 2. The average molecular weight is 456 g/mol. The normalized spacial score (nSPS) is 10.0. The minimum atomic E-state index is -0.465. The molecule has 0 saturated heterocycles. The van der Waals surface area contributed by atoms with Gasteiger partial charge in [0, 0.05) is 21.3 Å². The number of nitrogens with zero attached hydrogens (tertiary/aromatic N) is 2. The molecular formula is C20H12BrClN4O2. The second-order valence-corrected chi connectivity index (χ2v) is 7.00. The first-order valence-corrected chi connectivity index (χ1v) is 9.17. The van der Waals surface area contributed by atoms with E-state index in [1.165, 1.54) is 18.2 Å². The van der Waals surface area contributed by atoms with E-state index in [9.17, 15) is 9.59 Å². The lowest BCUT2D eigenvalue weighted by atomic mass is 10.1. The Kier molecular flexibility index (Phi) is 6.04. The number of benzene rings is 2. The number of nitriles is 1. The van der Waals surface area contributed by atoms with E-state index < -0.39 is 11.8 Å². The molecule has 3 aromatic rings. The molecule has 0 aliphatic carbocycles. The van der Waals surface area contributed by atoms with E-state index in [2.05, 4.69) is 31.5 Å². The molecule has 0 fully saturated rings. The Bertz CT molecular complexity index is 1080. The summed E-state index contributed by atoms with van der Waals surface area (Å²) >= 11 is 9.30. The van der Waals surface area contributed by atoms with Crippen molar-refractivity contribution in [3.05, 3.63) is 87.0 Å². The molecule has 2 aromatic carbocycles. The first kappa shape index (κ1) is 19.5. The molecule has 0 aliphatic rings. The predicted molar refractivity (Wildman–Crippen MR) is 110 cm³/mol. The van der Waals surface area contributed by atoms with Crippen LogP contribution in [0.15, 0.2) is 65.3 Å². The van der Waals surface area contributed by atoms with Crippen molar-refractivity contribution in [2.45, 2.75) is 0 Å². The van der Waals surface area contributed by atoms with Gasteiger partial charge in [-0.1, -0.05) is 11.6 Å². The first-order chi connectivity index (χ1) is 13.5. The fraction of sp³-hybridized carbons (Fsp3) is 0. The zero-order valence-corrected chi connectivity index (χ0v) is 16.6. The molecule has 0 unspecified atom stereocenters. The lowest BCUT2D eigenvalue weighted by Gasteiger charge is -2.12. The van der Waals surface area contributed by atoms with Gasteiger partial charge in [-0.15, -0.1) is 0 Å². The molecule has 6 nitrogen and oxygen atoms in total. The van der Waals surface area contributed by atoms with E-state index in [4.69, 9.17) is 16.9 Å². The van der Waals surface area contributed by atoms with Crippen LogP contribution in [0.4, 0.5) is 11.5 Å². The summed E-state index contributed by atoms with van der Waals surface area (Å²) in [4.78, 5) is 29.3. The first-order valence-electron chi connectivity index (χ1n) is 8.00. The number of nitrogens with one attached hydrogen (secondary N) is 2. The van der Waals surface area contributed by atoms with Crippen LogP contribution in [0.3, 0.4) is 0 Å². The Balaban J connectivity index is 1.83. The number of hydrogen-bond donors (Lipinski definition) is 2. The SMILES string of the molecule is N#Cc1ccc(C(=O)Nc2ccc(Cl)cc2C(=O)Nc2ccc(Br)cn2)cc1. The molecule has 8 heteroatoms. The molecule has 0 aliphatic heterocycles. The zero-order chi connectivity index (χ0) is 20.1. The Hall–Kier alpha value is -3.21. The molecule has 0 radical (unpaired) electrons. The van der Waals surface area contributed by atoms with Crippen molar-refractivity contribution < 1.29 is 9.59 Å².